The summed E-state index contributed by atoms with van der Waals surface area (Å²) in [5, 5.41) is 3.39. The molecule has 1 heteroatoms. The monoisotopic (exact) mass is 283 g/mol. The summed E-state index contributed by atoms with van der Waals surface area (Å²) in [6.45, 7) is 5.82. The molecule has 0 aliphatic heterocycles. The van der Waals surface area contributed by atoms with E-state index in [1.54, 1.807) is 0 Å². The van der Waals surface area contributed by atoms with Crippen molar-refractivity contribution in [2.75, 3.05) is 13.6 Å². The highest BCUT2D eigenvalue weighted by Gasteiger charge is 2.07. The van der Waals surface area contributed by atoms with Crippen molar-refractivity contribution in [2.24, 2.45) is 5.92 Å². The van der Waals surface area contributed by atoms with Crippen molar-refractivity contribution in [1.29, 1.82) is 0 Å². The molecule has 0 fully saturated rings. The van der Waals surface area contributed by atoms with E-state index in [1.807, 2.05) is 0 Å². The zero-order chi connectivity index (χ0) is 14.9. The van der Waals surface area contributed by atoms with Crippen molar-refractivity contribution >= 4 is 0 Å². The van der Waals surface area contributed by atoms with Crippen LogP contribution in [-0.2, 0) is 0 Å². The molecule has 0 aliphatic carbocycles. The maximum atomic E-state index is 3.39. The Morgan fingerprint density at radius 1 is 0.600 bits per heavy atom. The Morgan fingerprint density at radius 2 is 1.00 bits per heavy atom. The van der Waals surface area contributed by atoms with Crippen molar-refractivity contribution in [1.82, 2.24) is 5.32 Å². The highest BCUT2D eigenvalue weighted by molar-refractivity contribution is 4.62. The maximum absolute atomic E-state index is 3.39. The molecule has 0 unspecified atom stereocenters. The minimum absolute atomic E-state index is 0.928. The van der Waals surface area contributed by atoms with Crippen LogP contribution in [0.25, 0.3) is 0 Å². The van der Waals surface area contributed by atoms with Gasteiger partial charge in [0, 0.05) is 0 Å². The van der Waals surface area contributed by atoms with Gasteiger partial charge in [0.1, 0.15) is 0 Å². The molecule has 122 valence electrons. The second kappa shape index (κ2) is 17.0. The molecule has 0 spiro atoms. The van der Waals surface area contributed by atoms with E-state index < -0.39 is 0 Å². The largest absolute Gasteiger partial charge is 0.319 e. The minimum Gasteiger partial charge on any atom is -0.319 e. The third-order valence-electron chi connectivity index (χ3n) is 4.42. The second-order valence-corrected chi connectivity index (χ2v) is 6.54. The molecular weight excluding hydrogens is 242 g/mol. The fourth-order valence-corrected chi connectivity index (χ4v) is 3.06. The maximum Gasteiger partial charge on any atom is -0.00235 e. The number of nitrogens with one attached hydrogen (secondary N) is 1. The lowest BCUT2D eigenvalue weighted by atomic mass is 9.94. The summed E-state index contributed by atoms with van der Waals surface area (Å²) in [5.41, 5.74) is 0. The van der Waals surface area contributed by atoms with Gasteiger partial charge in [-0.15, -0.1) is 0 Å². The van der Waals surface area contributed by atoms with Crippen LogP contribution in [-0.4, -0.2) is 13.6 Å². The molecule has 0 amide bonds. The van der Waals surface area contributed by atoms with Crippen LogP contribution in [0.3, 0.4) is 0 Å². The van der Waals surface area contributed by atoms with E-state index in [1.165, 1.54) is 96.4 Å². The number of rotatable bonds is 16. The van der Waals surface area contributed by atoms with E-state index in [4.69, 9.17) is 0 Å². The molecule has 0 aromatic rings. The van der Waals surface area contributed by atoms with Gasteiger partial charge >= 0.3 is 0 Å². The molecule has 0 bridgehead atoms. The Balaban J connectivity index is 3.45. The number of hydrogen-bond acceptors (Lipinski definition) is 1. The van der Waals surface area contributed by atoms with Crippen LogP contribution >= 0.6 is 0 Å². The van der Waals surface area contributed by atoms with Gasteiger partial charge < -0.3 is 5.32 Å². The lowest BCUT2D eigenvalue weighted by Crippen LogP contribution is -2.18. The number of hydrogen-bond donors (Lipinski definition) is 1. The zero-order valence-corrected chi connectivity index (χ0v) is 14.7. The summed E-state index contributed by atoms with van der Waals surface area (Å²) < 4.78 is 0. The van der Waals surface area contributed by atoms with Gasteiger partial charge in [-0.3, -0.25) is 0 Å². The Kier molecular flexibility index (Phi) is 17.0. The first-order valence-corrected chi connectivity index (χ1v) is 9.49. The van der Waals surface area contributed by atoms with Gasteiger partial charge in [0.05, 0.1) is 0 Å². The van der Waals surface area contributed by atoms with Crippen LogP contribution in [0.2, 0.25) is 0 Å². The SMILES string of the molecule is CCCCCCCCC(CCCCCCCC)CNC. The van der Waals surface area contributed by atoms with Gasteiger partial charge in [0.25, 0.3) is 0 Å². The van der Waals surface area contributed by atoms with E-state index >= 15 is 0 Å². The van der Waals surface area contributed by atoms with Crippen LogP contribution in [0, 0.1) is 5.92 Å². The van der Waals surface area contributed by atoms with Gasteiger partial charge in [-0.05, 0) is 32.4 Å². The van der Waals surface area contributed by atoms with Crippen LogP contribution in [0.4, 0.5) is 0 Å². The third kappa shape index (κ3) is 14.4. The molecule has 0 rings (SSSR count). The molecule has 0 aliphatic rings. The van der Waals surface area contributed by atoms with Gasteiger partial charge in [-0.25, -0.2) is 0 Å². The van der Waals surface area contributed by atoms with Crippen molar-refractivity contribution in [2.45, 2.75) is 104 Å². The van der Waals surface area contributed by atoms with Crippen LogP contribution in [0.15, 0.2) is 0 Å². The molecule has 1 nitrogen and oxygen atoms in total. The second-order valence-electron chi connectivity index (χ2n) is 6.54. The van der Waals surface area contributed by atoms with Gasteiger partial charge in [-0.2, -0.15) is 0 Å². The first kappa shape index (κ1) is 20.0. The summed E-state index contributed by atoms with van der Waals surface area (Å²) in [7, 11) is 2.11. The van der Waals surface area contributed by atoms with Crippen molar-refractivity contribution in [3.8, 4) is 0 Å². The molecule has 0 aromatic carbocycles. The molecular formula is C19H41N. The van der Waals surface area contributed by atoms with Gasteiger partial charge in [-0.1, -0.05) is 90.9 Å². The average Bonchev–Trinajstić information content (AvgIpc) is 2.46. The molecule has 0 aromatic heterocycles. The van der Waals surface area contributed by atoms with E-state index in [2.05, 4.69) is 26.2 Å². The number of unbranched alkanes of at least 4 members (excludes halogenated alkanes) is 10. The summed E-state index contributed by atoms with van der Waals surface area (Å²) in [6.07, 6.45) is 20.1. The Morgan fingerprint density at radius 3 is 1.40 bits per heavy atom. The molecule has 0 saturated heterocycles. The minimum atomic E-state index is 0.928. The predicted molar refractivity (Wildman–Crippen MR) is 93.4 cm³/mol. The molecule has 0 radical (unpaired) electrons. The Hall–Kier alpha value is -0.0400. The zero-order valence-electron chi connectivity index (χ0n) is 14.7. The standard InChI is InChI=1S/C19H41N/c1-4-6-8-10-12-14-16-19(18-20-3)17-15-13-11-9-7-5-2/h19-20H,4-18H2,1-3H3. The summed E-state index contributed by atoms with van der Waals surface area (Å²) in [5.74, 6) is 0.928. The summed E-state index contributed by atoms with van der Waals surface area (Å²) in [4.78, 5) is 0. The molecule has 1 N–H and O–H groups in total. The average molecular weight is 284 g/mol. The third-order valence-corrected chi connectivity index (χ3v) is 4.42. The molecule has 0 saturated carbocycles. The highest BCUT2D eigenvalue weighted by atomic mass is 14.8. The normalized spacial score (nSPS) is 11.4. The Bertz CT molecular complexity index is 151. The van der Waals surface area contributed by atoms with Gasteiger partial charge in [0.15, 0.2) is 0 Å². The van der Waals surface area contributed by atoms with Gasteiger partial charge in [0.2, 0.25) is 0 Å². The lowest BCUT2D eigenvalue weighted by Gasteiger charge is -2.16. The molecule has 0 heterocycles. The first-order chi connectivity index (χ1) is 9.85. The fraction of sp³-hybridized carbons (Fsp3) is 1.00. The van der Waals surface area contributed by atoms with Crippen molar-refractivity contribution in [3.05, 3.63) is 0 Å². The Labute approximate surface area is 129 Å². The van der Waals surface area contributed by atoms with E-state index in [9.17, 15) is 0 Å². The topological polar surface area (TPSA) is 12.0 Å². The van der Waals surface area contributed by atoms with Crippen LogP contribution < -0.4 is 5.32 Å². The van der Waals surface area contributed by atoms with E-state index in [-0.39, 0.29) is 0 Å². The smallest absolute Gasteiger partial charge is 0.00235 e. The molecule has 20 heavy (non-hydrogen) atoms. The van der Waals surface area contributed by atoms with Crippen LogP contribution in [0.1, 0.15) is 104 Å². The lowest BCUT2D eigenvalue weighted by molar-refractivity contribution is 0.391. The summed E-state index contributed by atoms with van der Waals surface area (Å²) in [6, 6.07) is 0. The van der Waals surface area contributed by atoms with Crippen LogP contribution in [0.5, 0.6) is 0 Å². The van der Waals surface area contributed by atoms with Crippen molar-refractivity contribution < 1.29 is 0 Å². The van der Waals surface area contributed by atoms with E-state index in [0.29, 0.717) is 0 Å². The first-order valence-electron chi connectivity index (χ1n) is 9.49. The summed E-state index contributed by atoms with van der Waals surface area (Å²) >= 11 is 0. The fourth-order valence-electron chi connectivity index (χ4n) is 3.06. The quantitative estimate of drug-likeness (QED) is 0.327. The molecule has 0 atom stereocenters. The van der Waals surface area contributed by atoms with Crippen molar-refractivity contribution in [3.63, 3.8) is 0 Å². The predicted octanol–water partition coefficient (Wildman–Crippen LogP) is 6.32. The highest BCUT2D eigenvalue weighted by Crippen LogP contribution is 2.18. The van der Waals surface area contributed by atoms with E-state index in [0.717, 1.165) is 5.92 Å².